The number of aliphatic carboxylic acids is 1. The molecule has 0 bridgehead atoms. The Morgan fingerprint density at radius 3 is 2.24 bits per heavy atom. The molecule has 21 heavy (non-hydrogen) atoms. The van der Waals surface area contributed by atoms with Gasteiger partial charge in [0.15, 0.2) is 0 Å². The summed E-state index contributed by atoms with van der Waals surface area (Å²) in [5.41, 5.74) is -0.802. The molecule has 122 valence electrons. The lowest BCUT2D eigenvalue weighted by Gasteiger charge is -2.39. The Morgan fingerprint density at radius 2 is 1.81 bits per heavy atom. The van der Waals surface area contributed by atoms with Gasteiger partial charge in [0.1, 0.15) is 11.6 Å². The Balaban J connectivity index is 2.76. The first kappa shape index (κ1) is 17.5. The van der Waals surface area contributed by atoms with Crippen molar-refractivity contribution >= 4 is 12.1 Å². The standard InChI is InChI=1S/C12H19F3N2O4/c1-11(2,3)21-10(20)17-5-4-16(7-12(13,14)15)6-8(17)9(18)19/h8H,4-7H2,1-3H3,(H,18,19)/t8-/m0/s1. The normalized spacial score (nSPS) is 21.2. The fourth-order valence-corrected chi connectivity index (χ4v) is 1.99. The molecule has 0 aromatic heterocycles. The third kappa shape index (κ3) is 5.78. The summed E-state index contributed by atoms with van der Waals surface area (Å²) in [5.74, 6) is -1.35. The predicted molar refractivity (Wildman–Crippen MR) is 66.9 cm³/mol. The Kier molecular flexibility index (Phi) is 5.08. The summed E-state index contributed by atoms with van der Waals surface area (Å²) >= 11 is 0. The lowest BCUT2D eigenvalue weighted by Crippen LogP contribution is -2.60. The molecule has 1 atom stereocenters. The van der Waals surface area contributed by atoms with Gasteiger partial charge in [0.25, 0.3) is 0 Å². The molecular formula is C12H19F3N2O4. The molecule has 1 aliphatic heterocycles. The molecule has 0 radical (unpaired) electrons. The molecule has 1 saturated heterocycles. The molecule has 1 amide bonds. The van der Waals surface area contributed by atoms with Crippen LogP contribution in [0.4, 0.5) is 18.0 Å². The maximum atomic E-state index is 12.4. The molecule has 1 rings (SSSR count). The van der Waals surface area contributed by atoms with Crippen molar-refractivity contribution in [1.29, 1.82) is 0 Å². The Hall–Kier alpha value is -1.51. The zero-order chi connectivity index (χ0) is 16.4. The van der Waals surface area contributed by atoms with Crippen molar-refractivity contribution in [3.05, 3.63) is 0 Å². The number of hydrogen-bond donors (Lipinski definition) is 1. The number of alkyl halides is 3. The summed E-state index contributed by atoms with van der Waals surface area (Å²) in [5, 5.41) is 9.11. The number of amides is 1. The lowest BCUT2D eigenvalue weighted by molar-refractivity contribution is -0.160. The molecule has 0 aromatic carbocycles. The van der Waals surface area contributed by atoms with Crippen molar-refractivity contribution in [2.24, 2.45) is 0 Å². The average Bonchev–Trinajstić information content (AvgIpc) is 2.23. The smallest absolute Gasteiger partial charge is 0.411 e. The number of hydrogen-bond acceptors (Lipinski definition) is 4. The largest absolute Gasteiger partial charge is 0.480 e. The van der Waals surface area contributed by atoms with Gasteiger partial charge in [-0.3, -0.25) is 9.80 Å². The minimum absolute atomic E-state index is 0.0530. The highest BCUT2D eigenvalue weighted by atomic mass is 19.4. The number of carbonyl (C=O) groups excluding carboxylic acids is 1. The van der Waals surface area contributed by atoms with Gasteiger partial charge in [0.05, 0.1) is 6.54 Å². The van der Waals surface area contributed by atoms with E-state index in [0.717, 1.165) is 9.80 Å². The lowest BCUT2D eigenvalue weighted by atomic mass is 10.1. The van der Waals surface area contributed by atoms with Gasteiger partial charge in [-0.1, -0.05) is 0 Å². The SMILES string of the molecule is CC(C)(C)OC(=O)N1CCN(CC(F)(F)F)C[C@H]1C(=O)O. The molecular weight excluding hydrogens is 293 g/mol. The van der Waals surface area contributed by atoms with Gasteiger partial charge >= 0.3 is 18.2 Å². The number of carbonyl (C=O) groups is 2. The number of nitrogens with zero attached hydrogens (tertiary/aromatic N) is 2. The number of piperazine rings is 1. The van der Waals surface area contributed by atoms with Crippen LogP contribution >= 0.6 is 0 Å². The minimum atomic E-state index is -4.41. The van der Waals surface area contributed by atoms with Gasteiger partial charge in [-0.2, -0.15) is 13.2 Å². The first-order valence-electron chi connectivity index (χ1n) is 6.40. The maximum absolute atomic E-state index is 12.4. The third-order valence-electron chi connectivity index (χ3n) is 2.78. The highest BCUT2D eigenvalue weighted by molar-refractivity contribution is 5.80. The van der Waals surface area contributed by atoms with Crippen molar-refractivity contribution in [2.75, 3.05) is 26.2 Å². The van der Waals surface area contributed by atoms with Crippen LogP contribution in [-0.2, 0) is 9.53 Å². The minimum Gasteiger partial charge on any atom is -0.480 e. The van der Waals surface area contributed by atoms with E-state index in [0.29, 0.717) is 0 Å². The number of rotatable bonds is 2. The fraction of sp³-hybridized carbons (Fsp3) is 0.833. The van der Waals surface area contributed by atoms with Gasteiger partial charge in [-0.05, 0) is 20.8 Å². The molecule has 0 aliphatic carbocycles. The molecule has 0 saturated carbocycles. The maximum Gasteiger partial charge on any atom is 0.411 e. The van der Waals surface area contributed by atoms with Gasteiger partial charge in [0.2, 0.25) is 0 Å². The van der Waals surface area contributed by atoms with Crippen LogP contribution in [0, 0.1) is 0 Å². The first-order valence-corrected chi connectivity index (χ1v) is 6.40. The summed E-state index contributed by atoms with van der Waals surface area (Å²) in [7, 11) is 0. The van der Waals surface area contributed by atoms with E-state index in [2.05, 4.69) is 0 Å². The summed E-state index contributed by atoms with van der Waals surface area (Å²) in [6, 6.07) is -1.35. The Labute approximate surface area is 120 Å². The van der Waals surface area contributed by atoms with E-state index in [1.54, 1.807) is 20.8 Å². The van der Waals surface area contributed by atoms with E-state index < -0.39 is 36.4 Å². The molecule has 0 aromatic rings. The second-order valence-corrected chi connectivity index (χ2v) is 5.88. The Bertz CT molecular complexity index is 406. The zero-order valence-corrected chi connectivity index (χ0v) is 12.1. The summed E-state index contributed by atoms with van der Waals surface area (Å²) in [6.07, 6.45) is -5.24. The molecule has 1 fully saturated rings. The van der Waals surface area contributed by atoms with E-state index in [4.69, 9.17) is 9.84 Å². The topological polar surface area (TPSA) is 70.1 Å². The third-order valence-corrected chi connectivity index (χ3v) is 2.78. The summed E-state index contributed by atoms with van der Waals surface area (Å²) in [6.45, 7) is 3.12. The predicted octanol–water partition coefficient (Wildman–Crippen LogP) is 1.55. The number of halogens is 3. The Morgan fingerprint density at radius 1 is 1.24 bits per heavy atom. The second kappa shape index (κ2) is 6.08. The number of carboxylic acid groups (broad SMARTS) is 1. The fourth-order valence-electron chi connectivity index (χ4n) is 1.99. The van der Waals surface area contributed by atoms with Gasteiger partial charge < -0.3 is 9.84 Å². The van der Waals surface area contributed by atoms with Crippen LogP contribution < -0.4 is 0 Å². The molecule has 0 spiro atoms. The molecule has 6 nitrogen and oxygen atoms in total. The second-order valence-electron chi connectivity index (χ2n) is 5.88. The van der Waals surface area contributed by atoms with E-state index >= 15 is 0 Å². The first-order chi connectivity index (χ1) is 9.39. The van der Waals surface area contributed by atoms with E-state index in [1.807, 2.05) is 0 Å². The van der Waals surface area contributed by atoms with Crippen molar-refractivity contribution in [3.8, 4) is 0 Å². The van der Waals surface area contributed by atoms with Gasteiger partial charge in [-0.15, -0.1) is 0 Å². The highest BCUT2D eigenvalue weighted by Crippen LogP contribution is 2.21. The van der Waals surface area contributed by atoms with Crippen molar-refractivity contribution in [3.63, 3.8) is 0 Å². The molecule has 9 heteroatoms. The zero-order valence-electron chi connectivity index (χ0n) is 12.1. The molecule has 1 N–H and O–H groups in total. The van der Waals surface area contributed by atoms with Crippen molar-refractivity contribution in [2.45, 2.75) is 38.6 Å². The molecule has 0 unspecified atom stereocenters. The summed E-state index contributed by atoms with van der Waals surface area (Å²) < 4.78 is 42.1. The van der Waals surface area contributed by atoms with E-state index in [1.165, 1.54) is 0 Å². The van der Waals surface area contributed by atoms with Crippen LogP contribution in [-0.4, -0.2) is 71.0 Å². The van der Waals surface area contributed by atoms with Gasteiger partial charge in [-0.25, -0.2) is 9.59 Å². The average molecular weight is 312 g/mol. The van der Waals surface area contributed by atoms with E-state index in [9.17, 15) is 22.8 Å². The van der Waals surface area contributed by atoms with Crippen LogP contribution in [0.15, 0.2) is 0 Å². The number of ether oxygens (including phenoxy) is 1. The number of carboxylic acids is 1. The van der Waals surface area contributed by atoms with Crippen LogP contribution in [0.3, 0.4) is 0 Å². The van der Waals surface area contributed by atoms with Crippen LogP contribution in [0.25, 0.3) is 0 Å². The van der Waals surface area contributed by atoms with Crippen molar-refractivity contribution < 1.29 is 32.6 Å². The molecule has 1 aliphatic rings. The highest BCUT2D eigenvalue weighted by Gasteiger charge is 2.40. The molecule has 1 heterocycles. The van der Waals surface area contributed by atoms with E-state index in [-0.39, 0.29) is 19.6 Å². The van der Waals surface area contributed by atoms with Crippen molar-refractivity contribution in [1.82, 2.24) is 9.80 Å². The summed E-state index contributed by atoms with van der Waals surface area (Å²) in [4.78, 5) is 25.0. The van der Waals surface area contributed by atoms with Gasteiger partial charge in [0, 0.05) is 19.6 Å². The monoisotopic (exact) mass is 312 g/mol. The van der Waals surface area contributed by atoms with Crippen LogP contribution in [0.1, 0.15) is 20.8 Å². The van der Waals surface area contributed by atoms with Crippen LogP contribution in [0.2, 0.25) is 0 Å². The van der Waals surface area contributed by atoms with Crippen LogP contribution in [0.5, 0.6) is 0 Å². The quantitative estimate of drug-likeness (QED) is 0.838.